The Balaban J connectivity index is 1.64. The summed E-state index contributed by atoms with van der Waals surface area (Å²) in [6, 6.07) is 13.6. The molecule has 2 aliphatic heterocycles. The van der Waals surface area contributed by atoms with Gasteiger partial charge >= 0.3 is 0 Å². The molecule has 6 nitrogen and oxygen atoms in total. The Morgan fingerprint density at radius 2 is 1.67 bits per heavy atom. The van der Waals surface area contributed by atoms with Crippen LogP contribution in [0.3, 0.4) is 0 Å². The van der Waals surface area contributed by atoms with Crippen LogP contribution in [-0.4, -0.2) is 54.6 Å². The summed E-state index contributed by atoms with van der Waals surface area (Å²) in [6.45, 7) is 1.69. The lowest BCUT2D eigenvalue weighted by Gasteiger charge is -2.15. The number of carbonyl (C=O) groups is 2. The third-order valence-electron chi connectivity index (χ3n) is 5.53. The zero-order valence-corrected chi connectivity index (χ0v) is 17.4. The molecule has 1 fully saturated rings. The lowest BCUT2D eigenvalue weighted by Crippen LogP contribution is -2.27. The number of hydrogen-bond donors (Lipinski definition) is 1. The van der Waals surface area contributed by atoms with E-state index in [9.17, 15) is 9.59 Å². The Kier molecular flexibility index (Phi) is 5.40. The summed E-state index contributed by atoms with van der Waals surface area (Å²) < 4.78 is 0. The van der Waals surface area contributed by atoms with Crippen LogP contribution < -0.4 is 5.73 Å². The van der Waals surface area contributed by atoms with Crippen molar-refractivity contribution in [3.05, 3.63) is 59.2 Å². The normalized spacial score (nSPS) is 15.7. The minimum absolute atomic E-state index is 0.0730. The van der Waals surface area contributed by atoms with Crippen LogP contribution in [-0.2, 0) is 4.79 Å². The number of amides is 2. The molecule has 0 unspecified atom stereocenters. The summed E-state index contributed by atoms with van der Waals surface area (Å²) in [6.07, 6.45) is 4.36. The molecule has 30 heavy (non-hydrogen) atoms. The molecule has 2 amide bonds. The molecule has 0 aliphatic carbocycles. The van der Waals surface area contributed by atoms with Crippen molar-refractivity contribution in [2.75, 3.05) is 27.2 Å². The van der Waals surface area contributed by atoms with Crippen LogP contribution in [0.5, 0.6) is 0 Å². The number of fused-ring (bicyclic) bond motifs is 1. The van der Waals surface area contributed by atoms with Crippen molar-refractivity contribution in [1.82, 2.24) is 9.80 Å². The molecule has 0 aromatic heterocycles. The summed E-state index contributed by atoms with van der Waals surface area (Å²) >= 11 is 0. The average molecular weight is 402 g/mol. The monoisotopic (exact) mass is 402 g/mol. The lowest BCUT2D eigenvalue weighted by molar-refractivity contribution is -0.124. The van der Waals surface area contributed by atoms with Gasteiger partial charge in [0.05, 0.1) is 5.69 Å². The lowest BCUT2D eigenvalue weighted by atomic mass is 9.99. The predicted molar refractivity (Wildman–Crippen MR) is 120 cm³/mol. The van der Waals surface area contributed by atoms with Gasteiger partial charge in [-0.1, -0.05) is 18.2 Å². The van der Waals surface area contributed by atoms with Crippen molar-refractivity contribution in [3.8, 4) is 11.1 Å². The smallest absolute Gasteiger partial charge is 0.253 e. The van der Waals surface area contributed by atoms with Gasteiger partial charge in [0.25, 0.3) is 5.91 Å². The number of nitrogens with zero attached hydrogens (tertiary/aromatic N) is 3. The molecule has 2 aromatic rings. The number of hydrogen-bond acceptors (Lipinski definition) is 4. The van der Waals surface area contributed by atoms with Crippen molar-refractivity contribution in [2.45, 2.75) is 19.3 Å². The molecule has 0 radical (unpaired) electrons. The maximum absolute atomic E-state index is 12.6. The molecule has 0 saturated carbocycles. The first kappa shape index (κ1) is 19.9. The van der Waals surface area contributed by atoms with Gasteiger partial charge in [0.15, 0.2) is 0 Å². The van der Waals surface area contributed by atoms with Gasteiger partial charge in [-0.2, -0.15) is 0 Å². The standard InChI is InChI=1S/C24H26N4O2/c1-27(2)23(29)20-14-19-13-18(9-10-21(19)26-22(25)15-20)16-5-7-17(8-6-16)24(30)28-11-3-4-12-28/h5-10,13-14H,3-4,11-12,15H2,1-2H3,(H2,25,26). The second kappa shape index (κ2) is 8.14. The largest absolute Gasteiger partial charge is 0.387 e. The van der Waals surface area contributed by atoms with E-state index in [0.717, 1.165) is 48.3 Å². The minimum Gasteiger partial charge on any atom is -0.387 e. The fraction of sp³-hybridized carbons (Fsp3) is 0.292. The summed E-state index contributed by atoms with van der Waals surface area (Å²) in [5.74, 6) is 0.449. The van der Waals surface area contributed by atoms with Gasteiger partial charge in [-0.05, 0) is 54.3 Å². The van der Waals surface area contributed by atoms with Crippen LogP contribution in [0.15, 0.2) is 53.0 Å². The molecule has 0 atom stereocenters. The highest BCUT2D eigenvalue weighted by Gasteiger charge is 2.20. The van der Waals surface area contributed by atoms with Crippen molar-refractivity contribution in [3.63, 3.8) is 0 Å². The van der Waals surface area contributed by atoms with E-state index >= 15 is 0 Å². The van der Waals surface area contributed by atoms with E-state index in [4.69, 9.17) is 5.73 Å². The van der Waals surface area contributed by atoms with Crippen LogP contribution in [0, 0.1) is 0 Å². The van der Waals surface area contributed by atoms with E-state index in [1.54, 1.807) is 19.0 Å². The first-order valence-electron chi connectivity index (χ1n) is 10.2. The average Bonchev–Trinajstić information content (AvgIpc) is 3.22. The zero-order chi connectivity index (χ0) is 21.3. The number of benzene rings is 2. The van der Waals surface area contributed by atoms with Gasteiger partial charge in [0, 0.05) is 50.3 Å². The minimum atomic E-state index is -0.0730. The second-order valence-corrected chi connectivity index (χ2v) is 8.00. The third-order valence-corrected chi connectivity index (χ3v) is 5.53. The number of nitrogens with two attached hydrogens (primary N) is 1. The molecule has 2 heterocycles. The van der Waals surface area contributed by atoms with E-state index in [2.05, 4.69) is 4.99 Å². The number of likely N-dealkylation sites (tertiary alicyclic amines) is 1. The Hall–Kier alpha value is -3.41. The van der Waals surface area contributed by atoms with Crippen molar-refractivity contribution in [1.29, 1.82) is 0 Å². The van der Waals surface area contributed by atoms with Gasteiger partial charge in [-0.3, -0.25) is 9.59 Å². The van der Waals surface area contributed by atoms with Gasteiger partial charge in [-0.15, -0.1) is 0 Å². The van der Waals surface area contributed by atoms with Crippen LogP contribution in [0.4, 0.5) is 5.69 Å². The Morgan fingerprint density at radius 3 is 2.33 bits per heavy atom. The number of likely N-dealkylation sites (N-methyl/N-ethyl adjacent to an activating group) is 1. The molecular formula is C24H26N4O2. The summed E-state index contributed by atoms with van der Waals surface area (Å²) in [5.41, 5.74) is 11.0. The first-order chi connectivity index (χ1) is 14.4. The molecule has 1 saturated heterocycles. The predicted octanol–water partition coefficient (Wildman–Crippen LogP) is 3.45. The van der Waals surface area contributed by atoms with Crippen LogP contribution in [0.1, 0.15) is 35.2 Å². The third kappa shape index (κ3) is 3.99. The maximum Gasteiger partial charge on any atom is 0.253 e. The highest BCUT2D eigenvalue weighted by molar-refractivity contribution is 6.05. The Bertz CT molecular complexity index is 1050. The molecule has 4 rings (SSSR count). The molecule has 0 bridgehead atoms. The van der Waals surface area contributed by atoms with E-state index in [0.29, 0.717) is 23.4 Å². The second-order valence-electron chi connectivity index (χ2n) is 8.00. The fourth-order valence-corrected chi connectivity index (χ4v) is 3.91. The van der Waals surface area contributed by atoms with Gasteiger partial charge < -0.3 is 15.5 Å². The van der Waals surface area contributed by atoms with Gasteiger partial charge in [0.1, 0.15) is 5.84 Å². The van der Waals surface area contributed by atoms with Crippen molar-refractivity contribution < 1.29 is 9.59 Å². The van der Waals surface area contributed by atoms with Crippen LogP contribution >= 0.6 is 0 Å². The highest BCUT2D eigenvalue weighted by Crippen LogP contribution is 2.31. The van der Waals surface area contributed by atoms with Crippen molar-refractivity contribution in [2.24, 2.45) is 10.7 Å². The summed E-state index contributed by atoms with van der Waals surface area (Å²) in [4.78, 5) is 33.0. The fourth-order valence-electron chi connectivity index (χ4n) is 3.91. The number of amidine groups is 1. The zero-order valence-electron chi connectivity index (χ0n) is 17.4. The van der Waals surface area contributed by atoms with E-state index in [-0.39, 0.29) is 11.8 Å². The number of aliphatic imine (C=N–C) groups is 1. The molecule has 2 aliphatic rings. The Labute approximate surface area is 176 Å². The van der Waals surface area contributed by atoms with Gasteiger partial charge in [-0.25, -0.2) is 4.99 Å². The molecule has 2 N–H and O–H groups in total. The van der Waals surface area contributed by atoms with Gasteiger partial charge in [0.2, 0.25) is 5.91 Å². The summed E-state index contributed by atoms with van der Waals surface area (Å²) in [5, 5.41) is 0. The Morgan fingerprint density at radius 1 is 1.00 bits per heavy atom. The number of rotatable bonds is 3. The van der Waals surface area contributed by atoms with Crippen molar-refractivity contribution >= 4 is 29.4 Å². The highest BCUT2D eigenvalue weighted by atomic mass is 16.2. The van der Waals surface area contributed by atoms with E-state index in [1.165, 1.54) is 0 Å². The quantitative estimate of drug-likeness (QED) is 0.854. The molecule has 0 spiro atoms. The molecule has 6 heteroatoms. The number of carbonyl (C=O) groups excluding carboxylic acids is 2. The molecule has 154 valence electrons. The van der Waals surface area contributed by atoms with Crippen LogP contribution in [0.2, 0.25) is 0 Å². The first-order valence-corrected chi connectivity index (χ1v) is 10.2. The molecule has 2 aromatic carbocycles. The SMILES string of the molecule is CN(C)C(=O)C1=Cc2cc(-c3ccc(C(=O)N4CCCC4)cc3)ccc2N=C(N)C1. The maximum atomic E-state index is 12.6. The topological polar surface area (TPSA) is 79.0 Å². The van der Waals surface area contributed by atoms with E-state index < -0.39 is 0 Å². The summed E-state index contributed by atoms with van der Waals surface area (Å²) in [7, 11) is 3.45. The van der Waals surface area contributed by atoms with E-state index in [1.807, 2.05) is 53.4 Å². The molecular weight excluding hydrogens is 376 g/mol. The van der Waals surface area contributed by atoms with Crippen LogP contribution in [0.25, 0.3) is 17.2 Å².